The van der Waals surface area contributed by atoms with Crippen molar-refractivity contribution in [3.63, 3.8) is 0 Å². The molecule has 8 nitrogen and oxygen atoms in total. The third-order valence-electron chi connectivity index (χ3n) is 3.19. The fourth-order valence-corrected chi connectivity index (χ4v) is 2.09. The molecular weight excluding hydrogens is 268 g/mol. The number of ether oxygens (including phenoxy) is 1. The van der Waals surface area contributed by atoms with Crippen molar-refractivity contribution in [3.8, 4) is 0 Å². The Morgan fingerprint density at radius 3 is 2.65 bits per heavy atom. The number of benzene rings is 1. The van der Waals surface area contributed by atoms with Crippen LogP contribution < -0.4 is 5.32 Å². The van der Waals surface area contributed by atoms with Crippen LogP contribution >= 0.6 is 0 Å². The van der Waals surface area contributed by atoms with E-state index in [0.29, 0.717) is 0 Å². The summed E-state index contributed by atoms with van der Waals surface area (Å²) in [6, 6.07) is 4.57. The van der Waals surface area contributed by atoms with E-state index in [4.69, 9.17) is 9.84 Å². The maximum atomic E-state index is 11.0. The van der Waals surface area contributed by atoms with Gasteiger partial charge in [0.1, 0.15) is 24.0 Å². The Kier molecular flexibility index (Phi) is 4.19. The summed E-state index contributed by atoms with van der Waals surface area (Å²) in [5.74, 6) is 0. The van der Waals surface area contributed by atoms with Gasteiger partial charge in [-0.3, -0.25) is 10.1 Å². The highest BCUT2D eigenvalue weighted by Gasteiger charge is 2.42. The minimum absolute atomic E-state index is 0.150. The minimum Gasteiger partial charge on any atom is -0.394 e. The fraction of sp³-hybridized carbons (Fsp3) is 0.500. The Bertz CT molecular complexity index is 509. The number of aryl methyl sites for hydroxylation is 1. The smallest absolute Gasteiger partial charge is 0.292 e. The maximum absolute atomic E-state index is 11.0. The number of nitro benzene ring substituents is 1. The van der Waals surface area contributed by atoms with Crippen molar-refractivity contribution in [2.75, 3.05) is 11.9 Å². The first-order chi connectivity index (χ1) is 9.43. The van der Waals surface area contributed by atoms with Crippen molar-refractivity contribution in [3.05, 3.63) is 33.9 Å². The predicted octanol–water partition coefficient (Wildman–Crippen LogP) is -0.246. The van der Waals surface area contributed by atoms with E-state index in [2.05, 4.69) is 5.32 Å². The predicted molar refractivity (Wildman–Crippen MR) is 69.2 cm³/mol. The van der Waals surface area contributed by atoms with Crippen LogP contribution in [0.25, 0.3) is 0 Å². The maximum Gasteiger partial charge on any atom is 0.292 e. The molecule has 1 saturated heterocycles. The van der Waals surface area contributed by atoms with Crippen LogP contribution in [0.3, 0.4) is 0 Å². The molecule has 4 atom stereocenters. The molecule has 1 heterocycles. The molecule has 110 valence electrons. The lowest BCUT2D eigenvalue weighted by molar-refractivity contribution is -0.384. The molecule has 0 saturated carbocycles. The standard InChI is InChI=1S/C12H16N2O6/c1-6-2-3-7(8(4-6)14(18)19)13-12-11(17)10(16)9(5-15)20-12/h2-4,9-13,15-17H,5H2,1H3/t9-,10-,11+,12-/m1/s1. The number of hydrogen-bond donors (Lipinski definition) is 4. The Morgan fingerprint density at radius 1 is 1.40 bits per heavy atom. The number of aliphatic hydroxyl groups excluding tert-OH is 3. The molecule has 4 N–H and O–H groups in total. The Balaban J connectivity index is 2.21. The van der Waals surface area contributed by atoms with Crippen LogP contribution in [-0.2, 0) is 4.74 Å². The first-order valence-electron chi connectivity index (χ1n) is 6.08. The fourth-order valence-electron chi connectivity index (χ4n) is 2.09. The van der Waals surface area contributed by atoms with E-state index in [1.165, 1.54) is 12.1 Å². The number of nitrogens with one attached hydrogen (secondary N) is 1. The van der Waals surface area contributed by atoms with E-state index < -0.39 is 36.1 Å². The summed E-state index contributed by atoms with van der Waals surface area (Å²) in [7, 11) is 0. The van der Waals surface area contributed by atoms with Crippen LogP contribution in [0.5, 0.6) is 0 Å². The highest BCUT2D eigenvalue weighted by molar-refractivity contribution is 5.63. The second-order valence-corrected chi connectivity index (χ2v) is 4.68. The Labute approximate surface area is 114 Å². The van der Waals surface area contributed by atoms with Gasteiger partial charge in [0.05, 0.1) is 11.5 Å². The second kappa shape index (κ2) is 5.71. The van der Waals surface area contributed by atoms with Crippen molar-refractivity contribution in [1.29, 1.82) is 0 Å². The van der Waals surface area contributed by atoms with E-state index in [9.17, 15) is 20.3 Å². The molecule has 0 amide bonds. The van der Waals surface area contributed by atoms with Crippen molar-refractivity contribution in [2.24, 2.45) is 0 Å². The Hall–Kier alpha value is -1.74. The second-order valence-electron chi connectivity index (χ2n) is 4.68. The van der Waals surface area contributed by atoms with Crippen molar-refractivity contribution in [1.82, 2.24) is 0 Å². The third kappa shape index (κ3) is 2.73. The molecule has 0 spiro atoms. The zero-order valence-electron chi connectivity index (χ0n) is 10.8. The third-order valence-corrected chi connectivity index (χ3v) is 3.19. The SMILES string of the molecule is Cc1ccc(N[C@@H]2O[C@H](CO)[C@@H](O)[C@@H]2O)c([N+](=O)[O-])c1. The van der Waals surface area contributed by atoms with E-state index >= 15 is 0 Å². The average molecular weight is 284 g/mol. The van der Waals surface area contributed by atoms with Gasteiger partial charge in [0.15, 0.2) is 6.23 Å². The van der Waals surface area contributed by atoms with E-state index in [0.717, 1.165) is 5.56 Å². The summed E-state index contributed by atoms with van der Waals surface area (Å²) in [5, 5.41) is 42.1. The summed E-state index contributed by atoms with van der Waals surface area (Å²) in [6.45, 7) is 1.27. The number of nitrogens with zero attached hydrogens (tertiary/aromatic N) is 1. The summed E-state index contributed by atoms with van der Waals surface area (Å²) in [4.78, 5) is 10.4. The number of nitro groups is 1. The molecule has 0 unspecified atom stereocenters. The van der Waals surface area contributed by atoms with Crippen LogP contribution in [0.4, 0.5) is 11.4 Å². The van der Waals surface area contributed by atoms with Gasteiger partial charge in [-0.2, -0.15) is 0 Å². The first-order valence-corrected chi connectivity index (χ1v) is 6.08. The van der Waals surface area contributed by atoms with Gasteiger partial charge in [0, 0.05) is 6.07 Å². The Morgan fingerprint density at radius 2 is 2.10 bits per heavy atom. The summed E-state index contributed by atoms with van der Waals surface area (Å²) in [6.07, 6.45) is -4.48. The topological polar surface area (TPSA) is 125 Å². The lowest BCUT2D eigenvalue weighted by atomic mass is 10.1. The van der Waals surface area contributed by atoms with E-state index in [-0.39, 0.29) is 11.4 Å². The first kappa shape index (κ1) is 14.7. The van der Waals surface area contributed by atoms with E-state index in [1.807, 2.05) is 0 Å². The van der Waals surface area contributed by atoms with Gasteiger partial charge in [-0.25, -0.2) is 0 Å². The molecule has 1 fully saturated rings. The summed E-state index contributed by atoms with van der Waals surface area (Å²) in [5.41, 5.74) is 0.751. The zero-order valence-corrected chi connectivity index (χ0v) is 10.8. The minimum atomic E-state index is -1.28. The van der Waals surface area contributed by atoms with Gasteiger partial charge in [0.2, 0.25) is 0 Å². The molecule has 1 aliphatic heterocycles. The van der Waals surface area contributed by atoms with Gasteiger partial charge < -0.3 is 25.4 Å². The normalized spacial score (nSPS) is 29.4. The molecule has 1 aliphatic rings. The summed E-state index contributed by atoms with van der Waals surface area (Å²) < 4.78 is 5.22. The van der Waals surface area contributed by atoms with Crippen LogP contribution in [0.2, 0.25) is 0 Å². The number of rotatable bonds is 4. The van der Waals surface area contributed by atoms with Crippen LogP contribution in [0, 0.1) is 17.0 Å². The van der Waals surface area contributed by atoms with Gasteiger partial charge in [0.25, 0.3) is 5.69 Å². The molecular formula is C12H16N2O6. The van der Waals surface area contributed by atoms with Crippen molar-refractivity contribution < 1.29 is 25.0 Å². The molecule has 20 heavy (non-hydrogen) atoms. The molecule has 0 aromatic heterocycles. The highest BCUT2D eigenvalue weighted by atomic mass is 16.6. The molecule has 0 radical (unpaired) electrons. The van der Waals surface area contributed by atoms with Crippen molar-refractivity contribution in [2.45, 2.75) is 31.5 Å². The lowest BCUT2D eigenvalue weighted by Crippen LogP contribution is -2.36. The summed E-state index contributed by atoms with van der Waals surface area (Å²) >= 11 is 0. The molecule has 8 heteroatoms. The number of hydrogen-bond acceptors (Lipinski definition) is 7. The quantitative estimate of drug-likeness (QED) is 0.444. The molecule has 2 rings (SSSR count). The van der Waals surface area contributed by atoms with Crippen LogP contribution in [0.15, 0.2) is 18.2 Å². The number of aliphatic hydroxyl groups is 3. The average Bonchev–Trinajstić information content (AvgIpc) is 2.68. The zero-order chi connectivity index (χ0) is 14.9. The molecule has 0 aliphatic carbocycles. The molecule has 0 bridgehead atoms. The van der Waals surface area contributed by atoms with Gasteiger partial charge >= 0.3 is 0 Å². The molecule has 1 aromatic carbocycles. The monoisotopic (exact) mass is 284 g/mol. The largest absolute Gasteiger partial charge is 0.394 e. The highest BCUT2D eigenvalue weighted by Crippen LogP contribution is 2.29. The van der Waals surface area contributed by atoms with Crippen molar-refractivity contribution >= 4 is 11.4 Å². The van der Waals surface area contributed by atoms with Crippen LogP contribution in [0.1, 0.15) is 5.56 Å². The number of anilines is 1. The lowest BCUT2D eigenvalue weighted by Gasteiger charge is -2.17. The van der Waals surface area contributed by atoms with Gasteiger partial charge in [-0.1, -0.05) is 6.07 Å². The van der Waals surface area contributed by atoms with Gasteiger partial charge in [-0.05, 0) is 18.6 Å². The van der Waals surface area contributed by atoms with Crippen LogP contribution in [-0.4, -0.2) is 51.4 Å². The molecule has 1 aromatic rings. The van der Waals surface area contributed by atoms with E-state index in [1.54, 1.807) is 13.0 Å². The van der Waals surface area contributed by atoms with Gasteiger partial charge in [-0.15, -0.1) is 0 Å².